The van der Waals surface area contributed by atoms with E-state index in [1.807, 2.05) is 72.8 Å². The van der Waals surface area contributed by atoms with Crippen molar-refractivity contribution in [1.29, 1.82) is 0 Å². The molecule has 3 aliphatic rings. The third kappa shape index (κ3) is 10.9. The summed E-state index contributed by atoms with van der Waals surface area (Å²) >= 11 is 6.19. The minimum Gasteiger partial charge on any atom is -0.459 e. The monoisotopic (exact) mass is 971 g/mol. The van der Waals surface area contributed by atoms with Crippen molar-refractivity contribution in [3.05, 3.63) is 165 Å². The van der Waals surface area contributed by atoms with Gasteiger partial charge in [0.15, 0.2) is 0 Å². The number of carbonyl (C=O) groups excluding carboxylic acids is 1. The zero-order valence-corrected chi connectivity index (χ0v) is 40.6. The third-order valence-electron chi connectivity index (χ3n) is 14.0. The van der Waals surface area contributed by atoms with Crippen molar-refractivity contribution in [3.8, 4) is 17.2 Å². The zero-order chi connectivity index (χ0) is 49.2. The molecule has 0 bridgehead atoms. The highest BCUT2D eigenvalue weighted by molar-refractivity contribution is 6.18. The summed E-state index contributed by atoms with van der Waals surface area (Å²) in [6, 6.07) is 31.2. The summed E-state index contributed by atoms with van der Waals surface area (Å²) < 4.78 is 27.2. The fraction of sp³-hybridized carbons (Fsp3) is 0.393. The first-order valence-corrected chi connectivity index (χ1v) is 24.8. The van der Waals surface area contributed by atoms with Crippen LogP contribution in [-0.2, 0) is 27.5 Å². The van der Waals surface area contributed by atoms with E-state index in [1.165, 1.54) is 12.1 Å². The van der Waals surface area contributed by atoms with E-state index >= 15 is 0 Å². The molecule has 1 aliphatic heterocycles. The Morgan fingerprint density at radius 2 is 1.69 bits per heavy atom. The number of carbonyl (C=O) groups is 1. The number of aliphatic hydroxyl groups is 2. The number of nitro groups is 1. The summed E-state index contributed by atoms with van der Waals surface area (Å²) in [5.74, 6) is -0.501. The van der Waals surface area contributed by atoms with Crippen molar-refractivity contribution in [3.63, 3.8) is 0 Å². The second-order valence-corrected chi connectivity index (χ2v) is 18.8. The number of oxime groups is 1. The van der Waals surface area contributed by atoms with Crippen LogP contribution in [0, 0.1) is 41.7 Å². The number of alkyl halides is 1. The number of hydrogen-bond donors (Lipinski definition) is 2. The Balaban J connectivity index is 1.35. The molecule has 0 spiro atoms. The summed E-state index contributed by atoms with van der Waals surface area (Å²) in [5.41, 5.74) is 6.14. The first-order valence-electron chi connectivity index (χ1n) is 24.2. The maximum atomic E-state index is 14.9. The lowest BCUT2D eigenvalue weighted by Crippen LogP contribution is -2.70. The number of aliphatic hydroxyl groups excluding tert-OH is 2. The van der Waals surface area contributed by atoms with Gasteiger partial charge in [-0.15, -0.1) is 18.2 Å². The van der Waals surface area contributed by atoms with Crippen molar-refractivity contribution >= 4 is 39.9 Å². The van der Waals surface area contributed by atoms with Gasteiger partial charge in [0.05, 0.1) is 35.6 Å². The maximum absolute atomic E-state index is 14.9. The lowest BCUT2D eigenvalue weighted by atomic mass is 9.55. The molecule has 6 atom stereocenters. The number of non-ortho nitro benzene ring substituents is 1. The third-order valence-corrected chi connectivity index (χ3v) is 14.2. The Morgan fingerprint density at radius 1 is 0.943 bits per heavy atom. The molecule has 1 amide bonds. The van der Waals surface area contributed by atoms with Crippen LogP contribution < -0.4 is 9.47 Å². The first kappa shape index (κ1) is 50.1. The standard InChI is InChI=1S/C56H62ClN3O10/c1-4-29-67-56-52(59(55(63)66-30-26-57)35-42-15-11-14-40-12-5-6-16-46(40)42)34-50(58-68-36-39-19-21-43(22-20-39)60(64)65)48-32-41(13-7-9-27-61)47(17-8-10-28-62)53(54(48)56)49-33-45(24-25-51(49)70-56)69-44-23-18-37(2)38(3)31-44/h4-6,11-12,14-16,18-25,31-33,41,47,52-54,61-62H,1,7-10,13,17,26-30,34-36H2,2-3H3/t41-,47+,52-,53+,54+,56+/m0/s1. The van der Waals surface area contributed by atoms with Gasteiger partial charge in [-0.1, -0.05) is 78.7 Å². The molecule has 1 fully saturated rings. The molecular formula is C56H62ClN3O10. The lowest BCUT2D eigenvalue weighted by Gasteiger charge is -2.59. The highest BCUT2D eigenvalue weighted by Gasteiger charge is 2.65. The maximum Gasteiger partial charge on any atom is 0.410 e. The van der Waals surface area contributed by atoms with Gasteiger partial charge >= 0.3 is 6.09 Å². The van der Waals surface area contributed by atoms with E-state index in [9.17, 15) is 25.1 Å². The molecule has 70 heavy (non-hydrogen) atoms. The highest BCUT2D eigenvalue weighted by Crippen LogP contribution is 2.62. The molecule has 8 rings (SSSR count). The van der Waals surface area contributed by atoms with Gasteiger partial charge in [-0.2, -0.15) is 0 Å². The molecule has 5 aromatic carbocycles. The molecule has 13 nitrogen and oxygen atoms in total. The Labute approximate surface area is 414 Å². The van der Waals surface area contributed by atoms with Gasteiger partial charge in [-0.3, -0.25) is 15.0 Å². The van der Waals surface area contributed by atoms with Gasteiger partial charge in [-0.25, -0.2) is 4.79 Å². The average molecular weight is 973 g/mol. The van der Waals surface area contributed by atoms with Crippen molar-refractivity contribution in [2.24, 2.45) is 22.9 Å². The fourth-order valence-electron chi connectivity index (χ4n) is 10.6. The Hall–Kier alpha value is -6.25. The molecular weight excluding hydrogens is 910 g/mol. The van der Waals surface area contributed by atoms with Crippen LogP contribution in [0.5, 0.6) is 17.2 Å². The molecule has 5 aromatic rings. The van der Waals surface area contributed by atoms with Gasteiger partial charge < -0.3 is 34.0 Å². The lowest BCUT2D eigenvalue weighted by molar-refractivity contribution is -0.384. The van der Waals surface area contributed by atoms with Crippen LogP contribution in [-0.4, -0.2) is 76.0 Å². The quantitative estimate of drug-likeness (QED) is 0.0224. The molecule has 14 heteroatoms. The van der Waals surface area contributed by atoms with Crippen molar-refractivity contribution in [1.82, 2.24) is 4.90 Å². The van der Waals surface area contributed by atoms with Crippen LogP contribution in [0.4, 0.5) is 10.5 Å². The molecule has 0 unspecified atom stereocenters. The molecule has 1 heterocycles. The second-order valence-electron chi connectivity index (χ2n) is 18.4. The van der Waals surface area contributed by atoms with E-state index in [4.69, 9.17) is 40.5 Å². The number of fused-ring (bicyclic) bond motifs is 3. The molecule has 1 saturated carbocycles. The predicted octanol–water partition coefficient (Wildman–Crippen LogP) is 11.9. The van der Waals surface area contributed by atoms with E-state index < -0.39 is 28.8 Å². The number of unbranched alkanes of at least 4 members (excludes halogenated alkanes) is 2. The molecule has 0 aromatic heterocycles. The summed E-state index contributed by atoms with van der Waals surface area (Å²) in [6.45, 7) is 8.48. The zero-order valence-electron chi connectivity index (χ0n) is 39.8. The largest absolute Gasteiger partial charge is 0.459 e. The van der Waals surface area contributed by atoms with Gasteiger partial charge in [-0.05, 0) is 132 Å². The van der Waals surface area contributed by atoms with Crippen LogP contribution in [0.1, 0.15) is 78.7 Å². The fourth-order valence-corrected chi connectivity index (χ4v) is 10.7. The first-order chi connectivity index (χ1) is 34.1. The van der Waals surface area contributed by atoms with Gasteiger partial charge in [0.2, 0.25) is 5.79 Å². The smallest absolute Gasteiger partial charge is 0.410 e. The number of nitrogens with zero attached hydrogens (tertiary/aromatic N) is 3. The van der Waals surface area contributed by atoms with Crippen molar-refractivity contribution in [2.75, 3.05) is 32.3 Å². The number of ether oxygens (including phenoxy) is 4. The summed E-state index contributed by atoms with van der Waals surface area (Å²) in [6.07, 6.45) is 7.75. The van der Waals surface area contributed by atoms with Crippen LogP contribution in [0.25, 0.3) is 10.8 Å². The SMILES string of the molecule is C=CCO[C@@]12Oc3ccc(Oc4ccc(C)c(C)c4)cc3[C@H]3[C@H](CCCCO)[C@@H](CCCCO)C=C(C(=NOCc4ccc([N+](=O)[O-])cc4)C[C@@H]1N(Cc1cccc4ccccc14)C(=O)OCCCl)[C@H]32. The van der Waals surface area contributed by atoms with E-state index in [0.717, 1.165) is 64.3 Å². The summed E-state index contributed by atoms with van der Waals surface area (Å²) in [5, 5.41) is 38.5. The number of hydrogen-bond acceptors (Lipinski definition) is 11. The van der Waals surface area contributed by atoms with E-state index in [2.05, 4.69) is 32.6 Å². The summed E-state index contributed by atoms with van der Waals surface area (Å²) in [7, 11) is 0. The van der Waals surface area contributed by atoms with Crippen molar-refractivity contribution < 1.29 is 43.7 Å². The van der Waals surface area contributed by atoms with E-state index in [-0.39, 0.29) is 75.3 Å². The predicted molar refractivity (Wildman–Crippen MR) is 270 cm³/mol. The van der Waals surface area contributed by atoms with Gasteiger partial charge in [0.25, 0.3) is 5.69 Å². The average Bonchev–Trinajstić information content (AvgIpc) is 3.37. The van der Waals surface area contributed by atoms with Crippen LogP contribution >= 0.6 is 11.6 Å². The Morgan fingerprint density at radius 3 is 2.43 bits per heavy atom. The Bertz CT molecular complexity index is 2700. The minimum absolute atomic E-state index is 0.00855. The molecule has 0 radical (unpaired) electrons. The molecule has 0 saturated heterocycles. The molecule has 2 aliphatic carbocycles. The normalized spacial score (nSPS) is 21.8. The number of aryl methyl sites for hydroxylation is 2. The van der Waals surface area contributed by atoms with Crippen LogP contribution in [0.3, 0.4) is 0 Å². The number of benzene rings is 5. The number of amides is 1. The van der Waals surface area contributed by atoms with Gasteiger partial charge in [0, 0.05) is 43.2 Å². The molecule has 368 valence electrons. The van der Waals surface area contributed by atoms with Gasteiger partial charge in [0.1, 0.15) is 36.5 Å². The highest BCUT2D eigenvalue weighted by atomic mass is 35.5. The second kappa shape index (κ2) is 23.1. The van der Waals surface area contributed by atoms with E-state index in [1.54, 1.807) is 23.1 Å². The van der Waals surface area contributed by atoms with Crippen LogP contribution in [0.2, 0.25) is 0 Å². The Kier molecular flexibility index (Phi) is 16.6. The summed E-state index contributed by atoms with van der Waals surface area (Å²) in [4.78, 5) is 33.9. The number of nitro benzene ring substituents is 1. The molecule has 2 N–H and O–H groups in total. The van der Waals surface area contributed by atoms with E-state index in [0.29, 0.717) is 41.4 Å². The minimum atomic E-state index is -1.55. The van der Waals surface area contributed by atoms with Crippen LogP contribution in [0.15, 0.2) is 133 Å². The number of allylic oxidation sites excluding steroid dienone is 1. The topological polar surface area (TPSA) is 162 Å². The number of halogens is 1. The number of rotatable bonds is 22. The van der Waals surface area contributed by atoms with Crippen molar-refractivity contribution in [2.45, 2.75) is 89.7 Å².